The van der Waals surface area contributed by atoms with Crippen molar-refractivity contribution < 1.29 is 18.6 Å². The summed E-state index contributed by atoms with van der Waals surface area (Å²) in [5, 5.41) is 0. The smallest absolute Gasteiger partial charge is 0.231 e. The molecule has 0 spiro atoms. The molecule has 0 amide bonds. The van der Waals surface area contributed by atoms with Gasteiger partial charge in [-0.2, -0.15) is 11.8 Å². The van der Waals surface area contributed by atoms with Gasteiger partial charge in [0.05, 0.1) is 11.1 Å². The fourth-order valence-electron chi connectivity index (χ4n) is 5.18. The molecule has 0 saturated carbocycles. The maximum atomic E-state index is 13.6. The summed E-state index contributed by atoms with van der Waals surface area (Å²) in [5.74, 6) is 5.23. The first-order chi connectivity index (χ1) is 16.7. The zero-order chi connectivity index (χ0) is 23.3. The van der Waals surface area contributed by atoms with E-state index in [4.69, 9.17) is 14.2 Å². The van der Waals surface area contributed by atoms with E-state index < -0.39 is 0 Å². The number of hydrogen-bond acceptors (Lipinski definition) is 6. The number of halogens is 2. The molecule has 8 heteroatoms. The number of hydrogen-bond donors (Lipinski definition) is 0. The Morgan fingerprint density at radius 1 is 1.00 bits per heavy atom. The van der Waals surface area contributed by atoms with Gasteiger partial charge >= 0.3 is 0 Å². The SMILES string of the molecule is Fc1ccc([C@H]2CCN(CCCN3CCSCC3)C[C@@H]2COc2cc3c(cc2Br)OCO3)cc1. The van der Waals surface area contributed by atoms with Crippen LogP contribution in [0.1, 0.15) is 24.3 Å². The van der Waals surface area contributed by atoms with E-state index in [1.165, 1.54) is 43.1 Å². The molecule has 0 aliphatic carbocycles. The monoisotopic (exact) mass is 550 g/mol. The van der Waals surface area contributed by atoms with Crippen LogP contribution in [0.2, 0.25) is 0 Å². The van der Waals surface area contributed by atoms with Crippen LogP contribution in [0, 0.1) is 11.7 Å². The molecule has 2 saturated heterocycles. The third kappa shape index (κ3) is 6.01. The number of thioether (sulfide) groups is 1. The Bertz CT molecular complexity index is 958. The van der Waals surface area contributed by atoms with Crippen LogP contribution in [0.3, 0.4) is 0 Å². The second-order valence-corrected chi connectivity index (χ2v) is 11.3. The van der Waals surface area contributed by atoms with E-state index in [1.807, 2.05) is 24.3 Å². The minimum Gasteiger partial charge on any atom is -0.492 e. The molecule has 0 aromatic heterocycles. The molecule has 2 fully saturated rings. The molecule has 3 aliphatic rings. The topological polar surface area (TPSA) is 34.2 Å². The van der Waals surface area contributed by atoms with Crippen molar-refractivity contribution in [2.75, 3.05) is 64.2 Å². The number of piperidine rings is 1. The number of rotatable bonds is 8. The third-order valence-electron chi connectivity index (χ3n) is 7.05. The van der Waals surface area contributed by atoms with Gasteiger partial charge in [-0.3, -0.25) is 0 Å². The maximum absolute atomic E-state index is 13.6. The molecular formula is C26H32BrFN2O3S. The normalized spacial score (nSPS) is 23.2. The number of nitrogens with zero attached hydrogens (tertiary/aromatic N) is 2. The highest BCUT2D eigenvalue weighted by molar-refractivity contribution is 9.10. The van der Waals surface area contributed by atoms with Crippen molar-refractivity contribution in [2.24, 2.45) is 5.92 Å². The van der Waals surface area contributed by atoms with E-state index in [0.717, 1.165) is 47.8 Å². The van der Waals surface area contributed by atoms with Crippen LogP contribution >= 0.6 is 27.7 Å². The lowest BCUT2D eigenvalue weighted by Crippen LogP contribution is -2.43. The first kappa shape index (κ1) is 24.2. The number of ether oxygens (including phenoxy) is 3. The largest absolute Gasteiger partial charge is 0.492 e. The van der Waals surface area contributed by atoms with Crippen LogP contribution in [0.15, 0.2) is 40.9 Å². The molecule has 184 valence electrons. The second kappa shape index (κ2) is 11.5. The van der Waals surface area contributed by atoms with Gasteiger partial charge in [-0.05, 0) is 72.0 Å². The van der Waals surface area contributed by atoms with Crippen LogP contribution in [0.25, 0.3) is 0 Å². The minimum absolute atomic E-state index is 0.186. The van der Waals surface area contributed by atoms with Gasteiger partial charge in [-0.25, -0.2) is 4.39 Å². The van der Waals surface area contributed by atoms with E-state index in [2.05, 4.69) is 37.5 Å². The van der Waals surface area contributed by atoms with Gasteiger partial charge in [0.25, 0.3) is 0 Å². The first-order valence-corrected chi connectivity index (χ1v) is 14.1. The van der Waals surface area contributed by atoms with Gasteiger partial charge in [-0.1, -0.05) is 12.1 Å². The summed E-state index contributed by atoms with van der Waals surface area (Å²) in [7, 11) is 0. The van der Waals surface area contributed by atoms with Crippen molar-refractivity contribution in [1.82, 2.24) is 9.80 Å². The van der Waals surface area contributed by atoms with Crippen LogP contribution in [0.5, 0.6) is 17.2 Å². The van der Waals surface area contributed by atoms with Crippen LogP contribution in [-0.2, 0) is 0 Å². The molecule has 5 nitrogen and oxygen atoms in total. The molecule has 3 heterocycles. The average molecular weight is 552 g/mol. The van der Waals surface area contributed by atoms with E-state index in [-0.39, 0.29) is 12.6 Å². The summed E-state index contributed by atoms with van der Waals surface area (Å²) in [6.45, 7) is 7.64. The summed E-state index contributed by atoms with van der Waals surface area (Å²) < 4.78 is 31.7. The Kier molecular flexibility index (Phi) is 8.20. The summed E-state index contributed by atoms with van der Waals surface area (Å²) in [5.41, 5.74) is 1.20. The van der Waals surface area contributed by atoms with Crippen molar-refractivity contribution in [1.29, 1.82) is 0 Å². The molecule has 0 radical (unpaired) electrons. The minimum atomic E-state index is -0.186. The van der Waals surface area contributed by atoms with E-state index >= 15 is 0 Å². The predicted molar refractivity (Wildman–Crippen MR) is 138 cm³/mol. The fourth-order valence-corrected chi connectivity index (χ4v) is 6.59. The predicted octanol–water partition coefficient (Wildman–Crippen LogP) is 5.24. The van der Waals surface area contributed by atoms with Gasteiger partial charge < -0.3 is 24.0 Å². The lowest BCUT2D eigenvalue weighted by molar-refractivity contribution is 0.106. The van der Waals surface area contributed by atoms with E-state index in [1.54, 1.807) is 12.1 Å². The van der Waals surface area contributed by atoms with Gasteiger partial charge in [0.15, 0.2) is 11.5 Å². The second-order valence-electron chi connectivity index (χ2n) is 9.26. The van der Waals surface area contributed by atoms with Crippen LogP contribution < -0.4 is 14.2 Å². The zero-order valence-electron chi connectivity index (χ0n) is 19.4. The van der Waals surface area contributed by atoms with Gasteiger partial charge in [-0.15, -0.1) is 0 Å². The number of fused-ring (bicyclic) bond motifs is 1. The summed E-state index contributed by atoms with van der Waals surface area (Å²) in [6, 6.07) is 10.8. The van der Waals surface area contributed by atoms with E-state index in [9.17, 15) is 4.39 Å². The van der Waals surface area contributed by atoms with Gasteiger partial charge in [0.1, 0.15) is 11.6 Å². The van der Waals surface area contributed by atoms with Crippen molar-refractivity contribution in [3.05, 3.63) is 52.3 Å². The molecule has 2 aromatic carbocycles. The first-order valence-electron chi connectivity index (χ1n) is 12.2. The highest BCUT2D eigenvalue weighted by atomic mass is 79.9. The Hall–Kier alpha value is -1.48. The molecule has 3 aliphatic heterocycles. The van der Waals surface area contributed by atoms with Crippen molar-refractivity contribution in [3.8, 4) is 17.2 Å². The zero-order valence-corrected chi connectivity index (χ0v) is 21.8. The molecule has 0 unspecified atom stereocenters. The van der Waals surface area contributed by atoms with E-state index in [0.29, 0.717) is 18.4 Å². The molecular weight excluding hydrogens is 519 g/mol. The summed E-state index contributed by atoms with van der Waals surface area (Å²) in [4.78, 5) is 5.18. The molecule has 34 heavy (non-hydrogen) atoms. The summed E-state index contributed by atoms with van der Waals surface area (Å²) >= 11 is 5.67. The lowest BCUT2D eigenvalue weighted by atomic mass is 9.80. The maximum Gasteiger partial charge on any atom is 0.231 e. The molecule has 0 bridgehead atoms. The molecule has 5 rings (SSSR count). The Morgan fingerprint density at radius 3 is 2.53 bits per heavy atom. The number of likely N-dealkylation sites (tertiary alicyclic amines) is 1. The highest BCUT2D eigenvalue weighted by Crippen LogP contribution is 2.41. The summed E-state index contributed by atoms with van der Waals surface area (Å²) in [6.07, 6.45) is 2.26. The highest BCUT2D eigenvalue weighted by Gasteiger charge is 2.31. The Morgan fingerprint density at radius 2 is 1.74 bits per heavy atom. The molecule has 2 atom stereocenters. The van der Waals surface area contributed by atoms with Crippen molar-refractivity contribution in [3.63, 3.8) is 0 Å². The van der Waals surface area contributed by atoms with Crippen molar-refractivity contribution >= 4 is 27.7 Å². The van der Waals surface area contributed by atoms with Gasteiger partial charge in [0.2, 0.25) is 6.79 Å². The lowest BCUT2D eigenvalue weighted by Gasteiger charge is -2.39. The Labute approximate surface area is 214 Å². The quantitative estimate of drug-likeness (QED) is 0.447. The van der Waals surface area contributed by atoms with Crippen LogP contribution in [-0.4, -0.2) is 74.0 Å². The fraction of sp³-hybridized carbons (Fsp3) is 0.538. The average Bonchev–Trinajstić information content (AvgIpc) is 3.31. The molecule has 2 aromatic rings. The van der Waals surface area contributed by atoms with Crippen molar-refractivity contribution in [2.45, 2.75) is 18.8 Å². The van der Waals surface area contributed by atoms with Gasteiger partial charge in [0, 0.05) is 49.2 Å². The third-order valence-corrected chi connectivity index (χ3v) is 8.61. The molecule has 0 N–H and O–H groups in total. The standard InChI is InChI=1S/C26H32BrFN2O3S/c27-23-14-25-26(33-18-32-25)15-24(23)31-17-20-16-30(8-1-7-29-10-12-34-13-11-29)9-6-22(20)19-2-4-21(28)5-3-19/h2-5,14-15,20,22H,1,6-13,16-18H2/t20-,22-/m1/s1. The Balaban J connectivity index is 1.23. The number of benzene rings is 2. The van der Waals surface area contributed by atoms with Crippen LogP contribution in [0.4, 0.5) is 4.39 Å².